The quantitative estimate of drug-likeness (QED) is 0.286. The van der Waals surface area contributed by atoms with Crippen molar-refractivity contribution in [2.24, 2.45) is 0 Å². The zero-order chi connectivity index (χ0) is 26.3. The molecule has 0 saturated carbocycles. The predicted octanol–water partition coefficient (Wildman–Crippen LogP) is 5.82. The molecule has 0 saturated heterocycles. The Morgan fingerprint density at radius 3 is 1.89 bits per heavy atom. The van der Waals surface area contributed by atoms with E-state index in [1.165, 1.54) is 48.5 Å². The van der Waals surface area contributed by atoms with Crippen LogP contribution < -0.4 is 10.0 Å². The molecule has 0 unspecified atom stereocenters. The molecule has 4 aromatic rings. The van der Waals surface area contributed by atoms with Crippen LogP contribution in [0, 0.1) is 0 Å². The van der Waals surface area contributed by atoms with Crippen LogP contribution in [0.1, 0.15) is 42.2 Å². The molecule has 4 aromatic carbocycles. The van der Waals surface area contributed by atoms with E-state index in [0.29, 0.717) is 5.02 Å². The third-order valence-corrected chi connectivity index (χ3v) is 7.75. The monoisotopic (exact) mass is 550 g/mol. The lowest BCUT2D eigenvalue weighted by molar-refractivity contribution is 0.0979. The number of halogens is 2. The second-order valence-corrected chi connectivity index (χ2v) is 10.7. The smallest absolute Gasteiger partial charge is 0.261 e. The highest BCUT2D eigenvalue weighted by atomic mass is 35.5. The van der Waals surface area contributed by atoms with E-state index in [2.05, 4.69) is 10.0 Å². The van der Waals surface area contributed by atoms with Gasteiger partial charge in [-0.15, -0.1) is 0 Å². The summed E-state index contributed by atoms with van der Waals surface area (Å²) in [4.78, 5) is 39.1. The zero-order valence-corrected chi connectivity index (χ0v) is 21.1. The second-order valence-electron chi connectivity index (χ2n) is 8.14. The molecular weight excluding hydrogens is 535 g/mol. The topological polar surface area (TPSA) is 109 Å². The van der Waals surface area contributed by atoms with E-state index in [1.54, 1.807) is 36.4 Å². The van der Waals surface area contributed by atoms with Crippen molar-refractivity contribution in [3.8, 4) is 0 Å². The summed E-state index contributed by atoms with van der Waals surface area (Å²) < 4.78 is 28.1. The van der Waals surface area contributed by atoms with Crippen molar-refractivity contribution in [1.82, 2.24) is 0 Å². The highest BCUT2D eigenvalue weighted by Gasteiger charge is 2.31. The molecule has 0 atom stereocenters. The Bertz CT molecular complexity index is 1720. The standard InChI is InChI=1S/C27H16Cl2N2O5S/c28-15-9-11-16(12-10-15)37(35,36)31-23-8-4-3-7-19(23)27(34)30-24-14-21-20(13-22(24)29)25(32)17-5-1-2-6-18(17)26(21)33/h1-14,31H,(H,30,34). The summed E-state index contributed by atoms with van der Waals surface area (Å²) in [6, 6.07) is 20.8. The van der Waals surface area contributed by atoms with Crippen LogP contribution >= 0.6 is 23.2 Å². The molecule has 1 aliphatic carbocycles. The summed E-state index contributed by atoms with van der Waals surface area (Å²) in [5.74, 6) is -1.38. The molecule has 10 heteroatoms. The van der Waals surface area contributed by atoms with E-state index in [1.807, 2.05) is 0 Å². The highest BCUT2D eigenvalue weighted by Crippen LogP contribution is 2.34. The van der Waals surface area contributed by atoms with E-state index in [-0.39, 0.29) is 60.7 Å². The van der Waals surface area contributed by atoms with Gasteiger partial charge >= 0.3 is 0 Å². The lowest BCUT2D eigenvalue weighted by Crippen LogP contribution is -2.22. The van der Waals surface area contributed by atoms with Crippen molar-refractivity contribution in [3.63, 3.8) is 0 Å². The number of carbonyl (C=O) groups excluding carboxylic acids is 3. The number of ketones is 2. The third kappa shape index (κ3) is 4.62. The minimum Gasteiger partial charge on any atom is -0.321 e. The Morgan fingerprint density at radius 1 is 0.676 bits per heavy atom. The Hall–Kier alpha value is -3.98. The van der Waals surface area contributed by atoms with Crippen molar-refractivity contribution >= 4 is 62.1 Å². The molecule has 0 heterocycles. The third-order valence-electron chi connectivity index (χ3n) is 5.80. The van der Waals surface area contributed by atoms with Gasteiger partial charge in [0.2, 0.25) is 0 Å². The van der Waals surface area contributed by atoms with Gasteiger partial charge < -0.3 is 5.32 Å². The fourth-order valence-corrected chi connectivity index (χ4v) is 5.41. The fraction of sp³-hybridized carbons (Fsp3) is 0. The van der Waals surface area contributed by atoms with Crippen molar-refractivity contribution < 1.29 is 22.8 Å². The van der Waals surface area contributed by atoms with Crippen LogP contribution in [0.5, 0.6) is 0 Å². The van der Waals surface area contributed by atoms with Crippen molar-refractivity contribution in [1.29, 1.82) is 0 Å². The first-order valence-electron chi connectivity index (χ1n) is 10.9. The molecule has 184 valence electrons. The number of fused-ring (bicyclic) bond motifs is 2. The minimum atomic E-state index is -4.02. The van der Waals surface area contributed by atoms with Gasteiger partial charge in [-0.05, 0) is 48.5 Å². The Kier molecular flexibility index (Phi) is 6.33. The van der Waals surface area contributed by atoms with E-state index in [4.69, 9.17) is 23.2 Å². The van der Waals surface area contributed by atoms with Gasteiger partial charge in [-0.2, -0.15) is 0 Å². The number of anilines is 2. The van der Waals surface area contributed by atoms with Gasteiger partial charge in [-0.3, -0.25) is 19.1 Å². The molecule has 2 N–H and O–H groups in total. The summed E-state index contributed by atoms with van der Waals surface area (Å²) >= 11 is 12.2. The Labute approximate surface area is 222 Å². The van der Waals surface area contributed by atoms with Crippen molar-refractivity contribution in [2.75, 3.05) is 10.0 Å². The molecular formula is C27H16Cl2N2O5S. The largest absolute Gasteiger partial charge is 0.321 e. The molecule has 1 amide bonds. The van der Waals surface area contributed by atoms with Crippen LogP contribution in [-0.2, 0) is 10.0 Å². The Balaban J connectivity index is 1.46. The number of para-hydroxylation sites is 1. The van der Waals surface area contributed by atoms with E-state index >= 15 is 0 Å². The van der Waals surface area contributed by atoms with Crippen LogP contribution in [-0.4, -0.2) is 25.9 Å². The first-order valence-corrected chi connectivity index (χ1v) is 13.1. The van der Waals surface area contributed by atoms with Crippen LogP contribution in [0.4, 0.5) is 11.4 Å². The minimum absolute atomic E-state index is 0.0153. The summed E-state index contributed by atoms with van der Waals surface area (Å²) in [6.45, 7) is 0. The normalized spacial score (nSPS) is 12.5. The molecule has 0 aliphatic heterocycles. The van der Waals surface area contributed by atoms with Gasteiger partial charge in [-0.25, -0.2) is 8.42 Å². The van der Waals surface area contributed by atoms with Crippen LogP contribution in [0.2, 0.25) is 10.0 Å². The van der Waals surface area contributed by atoms with Crippen molar-refractivity contribution in [2.45, 2.75) is 4.90 Å². The van der Waals surface area contributed by atoms with Gasteiger partial charge in [0, 0.05) is 27.3 Å². The second kappa shape index (κ2) is 9.48. The average Bonchev–Trinajstić information content (AvgIpc) is 2.88. The molecule has 0 spiro atoms. The zero-order valence-electron chi connectivity index (χ0n) is 18.8. The molecule has 0 fully saturated rings. The summed E-state index contributed by atoms with van der Waals surface area (Å²) in [5.41, 5.74) is 0.950. The SMILES string of the molecule is O=C(Nc1cc2c(cc1Cl)C(=O)c1ccccc1C2=O)c1ccccc1NS(=O)(=O)c1ccc(Cl)cc1. The first kappa shape index (κ1) is 24.7. The van der Waals surface area contributed by atoms with Gasteiger partial charge in [0.05, 0.1) is 26.9 Å². The maximum Gasteiger partial charge on any atom is 0.261 e. The van der Waals surface area contributed by atoms with E-state index in [0.717, 1.165) is 0 Å². The lowest BCUT2D eigenvalue weighted by Gasteiger charge is -2.19. The first-order chi connectivity index (χ1) is 17.7. The van der Waals surface area contributed by atoms with Crippen LogP contribution in [0.25, 0.3) is 0 Å². The number of hydrogen-bond acceptors (Lipinski definition) is 5. The fourth-order valence-electron chi connectivity index (χ4n) is 3.99. The van der Waals surface area contributed by atoms with Crippen molar-refractivity contribution in [3.05, 3.63) is 123 Å². The maximum atomic E-state index is 13.2. The Morgan fingerprint density at radius 2 is 1.24 bits per heavy atom. The average molecular weight is 551 g/mol. The number of rotatable bonds is 5. The number of carbonyl (C=O) groups is 3. The van der Waals surface area contributed by atoms with E-state index < -0.39 is 15.9 Å². The molecule has 0 aromatic heterocycles. The van der Waals surface area contributed by atoms with Crippen LogP contribution in [0.3, 0.4) is 0 Å². The lowest BCUT2D eigenvalue weighted by atomic mass is 9.84. The highest BCUT2D eigenvalue weighted by molar-refractivity contribution is 7.92. The van der Waals surface area contributed by atoms with E-state index in [9.17, 15) is 22.8 Å². The molecule has 37 heavy (non-hydrogen) atoms. The van der Waals surface area contributed by atoms with Gasteiger partial charge in [0.25, 0.3) is 15.9 Å². The summed E-state index contributed by atoms with van der Waals surface area (Å²) in [7, 11) is -4.02. The molecule has 5 rings (SSSR count). The number of benzene rings is 4. The van der Waals surface area contributed by atoms with Gasteiger partial charge in [-0.1, -0.05) is 59.6 Å². The molecule has 0 bridgehead atoms. The molecule has 0 radical (unpaired) electrons. The van der Waals surface area contributed by atoms with Crippen LogP contribution in [0.15, 0.2) is 89.8 Å². The number of hydrogen-bond donors (Lipinski definition) is 2. The number of amides is 1. The maximum absolute atomic E-state index is 13.2. The number of nitrogens with one attached hydrogen (secondary N) is 2. The molecule has 1 aliphatic rings. The van der Waals surface area contributed by atoms with Gasteiger partial charge in [0.1, 0.15) is 0 Å². The van der Waals surface area contributed by atoms with Gasteiger partial charge in [0.15, 0.2) is 11.6 Å². The summed E-state index contributed by atoms with van der Waals surface area (Å²) in [6.07, 6.45) is 0. The summed E-state index contributed by atoms with van der Waals surface area (Å²) in [5, 5.41) is 3.05. The number of sulfonamides is 1. The predicted molar refractivity (Wildman–Crippen MR) is 141 cm³/mol. The molecule has 7 nitrogen and oxygen atoms in total.